The fourth-order valence-electron chi connectivity index (χ4n) is 3.05. The van der Waals surface area contributed by atoms with E-state index in [4.69, 9.17) is 15.6 Å². The molecule has 0 unspecified atom stereocenters. The van der Waals surface area contributed by atoms with Crippen molar-refractivity contribution in [3.05, 3.63) is 60.3 Å². The molecule has 164 valence electrons. The molecule has 5 N–H and O–H groups in total. The van der Waals surface area contributed by atoms with Crippen molar-refractivity contribution >= 4 is 22.6 Å². The topological polar surface area (TPSA) is 155 Å². The fourth-order valence-corrected chi connectivity index (χ4v) is 4.17. The number of hydrogen-bond acceptors (Lipinski definition) is 9. The Bertz CT molecular complexity index is 1270. The lowest BCUT2D eigenvalue weighted by atomic mass is 10.1. The lowest BCUT2D eigenvalue weighted by Crippen LogP contribution is -2.11. The summed E-state index contributed by atoms with van der Waals surface area (Å²) in [6, 6.07) is 14.2. The van der Waals surface area contributed by atoms with Crippen LogP contribution in [0.15, 0.2) is 64.0 Å². The third-order valence-electron chi connectivity index (χ3n) is 4.91. The van der Waals surface area contributed by atoms with Gasteiger partial charge in [-0.15, -0.1) is 10.2 Å². The van der Waals surface area contributed by atoms with Gasteiger partial charge in [0.15, 0.2) is 11.5 Å². The van der Waals surface area contributed by atoms with E-state index in [-0.39, 0.29) is 22.7 Å². The summed E-state index contributed by atoms with van der Waals surface area (Å²) >= 11 is 0. The number of nitrogen functional groups attached to an aromatic ring is 1. The van der Waals surface area contributed by atoms with E-state index in [1.165, 1.54) is 6.20 Å². The van der Waals surface area contributed by atoms with E-state index in [1.807, 2.05) is 30.3 Å². The Kier molecular flexibility index (Phi) is 5.74. The molecule has 2 aromatic heterocycles. The highest BCUT2D eigenvalue weighted by Gasteiger charge is 2.22. The Labute approximate surface area is 186 Å². The minimum Gasteiger partial charge on any atom is -0.414 e. The van der Waals surface area contributed by atoms with Gasteiger partial charge < -0.3 is 15.6 Å². The normalized spacial score (nSPS) is 12.2. The van der Waals surface area contributed by atoms with E-state index >= 15 is 0 Å². The first-order valence-corrected chi connectivity index (χ1v) is 11.4. The number of aromatic nitrogens is 4. The van der Waals surface area contributed by atoms with Crippen LogP contribution in [-0.2, 0) is 0 Å². The van der Waals surface area contributed by atoms with E-state index in [2.05, 4.69) is 20.2 Å². The summed E-state index contributed by atoms with van der Waals surface area (Å²) < 4.78 is 26.7. The number of hydrogen-bond donors (Lipinski definition) is 4. The van der Waals surface area contributed by atoms with Gasteiger partial charge in [0, 0.05) is 28.2 Å². The van der Waals surface area contributed by atoms with Crippen LogP contribution in [0.25, 0.3) is 34.3 Å². The van der Waals surface area contributed by atoms with Crippen molar-refractivity contribution in [1.82, 2.24) is 20.2 Å². The first-order valence-electron chi connectivity index (χ1n) is 9.75. The molecule has 0 atom stereocenters. The van der Waals surface area contributed by atoms with E-state index < -0.39 is 10.6 Å². The average Bonchev–Trinajstić information content (AvgIpc) is 3.29. The summed E-state index contributed by atoms with van der Waals surface area (Å²) in [5.74, 6) is 0.576. The molecule has 0 spiro atoms. The minimum atomic E-state index is -2.98. The molecule has 0 radical (unpaired) electrons. The summed E-state index contributed by atoms with van der Waals surface area (Å²) in [5, 5.41) is 15.6. The predicted molar refractivity (Wildman–Crippen MR) is 125 cm³/mol. The highest BCUT2D eigenvalue weighted by molar-refractivity contribution is 8.24. The Morgan fingerprint density at radius 2 is 1.78 bits per heavy atom. The molecule has 2 heterocycles. The van der Waals surface area contributed by atoms with Crippen LogP contribution in [0.5, 0.6) is 0 Å². The highest BCUT2D eigenvalue weighted by Crippen LogP contribution is 2.52. The van der Waals surface area contributed by atoms with Gasteiger partial charge in [0.2, 0.25) is 5.89 Å². The van der Waals surface area contributed by atoms with Crippen molar-refractivity contribution in [2.45, 2.75) is 24.0 Å². The molecule has 10 heteroatoms. The number of nitrogens with two attached hydrogens (primary N) is 1. The Morgan fingerprint density at radius 1 is 1.06 bits per heavy atom. The smallest absolute Gasteiger partial charge is 0.270 e. The van der Waals surface area contributed by atoms with Crippen LogP contribution >= 0.6 is 10.6 Å². The van der Waals surface area contributed by atoms with Gasteiger partial charge >= 0.3 is 0 Å². The number of benzene rings is 2. The molecule has 0 saturated carbocycles. The standard InChI is InChI=1S/C22H22N6O3S/c1-13(2)32(29,30)16-8-9-17(15(10-16)11-23)18-12-25-20(24)19(26-18)22-28-27-21(31-22)14-6-4-3-5-7-14/h3-13,23,29-30H,1-2H3,(H2,24,25). The maximum Gasteiger partial charge on any atom is 0.270 e. The van der Waals surface area contributed by atoms with Crippen LogP contribution in [0.4, 0.5) is 5.82 Å². The van der Waals surface area contributed by atoms with Gasteiger partial charge in [-0.3, -0.25) is 9.11 Å². The fraction of sp³-hybridized carbons (Fsp3) is 0.136. The molecule has 32 heavy (non-hydrogen) atoms. The molecule has 0 amide bonds. The summed E-state index contributed by atoms with van der Waals surface area (Å²) in [5.41, 5.74) is 8.49. The molecule has 0 saturated heterocycles. The molecule has 0 aliphatic rings. The molecular weight excluding hydrogens is 428 g/mol. The molecule has 2 aromatic carbocycles. The molecule has 0 fully saturated rings. The van der Waals surface area contributed by atoms with E-state index in [9.17, 15) is 9.11 Å². The summed E-state index contributed by atoms with van der Waals surface area (Å²) in [6.07, 6.45) is 2.61. The highest BCUT2D eigenvalue weighted by atomic mass is 32.3. The maximum atomic E-state index is 10.5. The van der Waals surface area contributed by atoms with Crippen LogP contribution < -0.4 is 5.73 Å². The third kappa shape index (κ3) is 3.98. The summed E-state index contributed by atoms with van der Waals surface area (Å²) in [4.78, 5) is 9.12. The van der Waals surface area contributed by atoms with Crippen LogP contribution in [0.1, 0.15) is 19.4 Å². The first-order chi connectivity index (χ1) is 15.3. The van der Waals surface area contributed by atoms with Gasteiger partial charge in [0.1, 0.15) is 0 Å². The lowest BCUT2D eigenvalue weighted by molar-refractivity contribution is 0.476. The number of anilines is 1. The second kappa shape index (κ2) is 8.50. The Morgan fingerprint density at radius 3 is 2.47 bits per heavy atom. The number of nitrogens with zero attached hydrogens (tertiary/aromatic N) is 4. The average molecular weight is 451 g/mol. The summed E-state index contributed by atoms with van der Waals surface area (Å²) in [7, 11) is -2.98. The molecular formula is C22H22N6O3S. The monoisotopic (exact) mass is 450 g/mol. The maximum absolute atomic E-state index is 10.5. The van der Waals surface area contributed by atoms with Crippen molar-refractivity contribution in [2.75, 3.05) is 5.73 Å². The van der Waals surface area contributed by atoms with Crippen LogP contribution in [-0.4, -0.2) is 40.7 Å². The predicted octanol–water partition coefficient (Wildman–Crippen LogP) is 4.96. The van der Waals surface area contributed by atoms with Crippen molar-refractivity contribution in [3.63, 3.8) is 0 Å². The Balaban J connectivity index is 1.75. The third-order valence-corrected chi connectivity index (χ3v) is 7.17. The van der Waals surface area contributed by atoms with Gasteiger partial charge in [0.05, 0.1) is 16.8 Å². The SMILES string of the molecule is CC(C)S(O)(O)c1ccc(-c2cnc(N)c(-c3nnc(-c4ccccc4)o3)n2)c(C=N)c1. The zero-order valence-electron chi connectivity index (χ0n) is 17.4. The van der Waals surface area contributed by atoms with Crippen LogP contribution in [0.2, 0.25) is 0 Å². The van der Waals surface area contributed by atoms with Gasteiger partial charge in [-0.1, -0.05) is 24.3 Å². The Hall–Kier alpha value is -3.60. The van der Waals surface area contributed by atoms with Crippen molar-refractivity contribution in [1.29, 1.82) is 5.41 Å². The zero-order valence-corrected chi connectivity index (χ0v) is 18.2. The van der Waals surface area contributed by atoms with Crippen molar-refractivity contribution in [2.24, 2.45) is 0 Å². The largest absolute Gasteiger partial charge is 0.414 e. The molecule has 4 aromatic rings. The number of nitrogens with one attached hydrogen (secondary N) is 1. The quantitative estimate of drug-likeness (QED) is 0.300. The lowest BCUT2D eigenvalue weighted by Gasteiger charge is -2.36. The second-order valence-electron chi connectivity index (χ2n) is 7.30. The van der Waals surface area contributed by atoms with Gasteiger partial charge in [-0.2, -0.15) is 10.6 Å². The van der Waals surface area contributed by atoms with Gasteiger partial charge in [-0.25, -0.2) is 9.97 Å². The van der Waals surface area contributed by atoms with E-state index in [0.717, 1.165) is 11.8 Å². The van der Waals surface area contributed by atoms with Crippen molar-refractivity contribution < 1.29 is 13.5 Å². The second-order valence-corrected chi connectivity index (χ2v) is 9.90. The van der Waals surface area contributed by atoms with Crippen LogP contribution in [0, 0.1) is 5.41 Å². The molecule has 9 nitrogen and oxygen atoms in total. The molecule has 0 aliphatic heterocycles. The van der Waals surface area contributed by atoms with E-state index in [0.29, 0.717) is 27.6 Å². The summed E-state index contributed by atoms with van der Waals surface area (Å²) in [6.45, 7) is 3.47. The van der Waals surface area contributed by atoms with Gasteiger partial charge in [0.25, 0.3) is 5.89 Å². The van der Waals surface area contributed by atoms with E-state index in [1.54, 1.807) is 32.0 Å². The number of rotatable bonds is 6. The minimum absolute atomic E-state index is 0.123. The van der Waals surface area contributed by atoms with Crippen LogP contribution in [0.3, 0.4) is 0 Å². The molecule has 0 bridgehead atoms. The zero-order chi connectivity index (χ0) is 22.9. The molecule has 0 aliphatic carbocycles. The molecule has 4 rings (SSSR count). The van der Waals surface area contributed by atoms with Gasteiger partial charge in [-0.05, 0) is 38.1 Å². The van der Waals surface area contributed by atoms with Crippen molar-refractivity contribution in [3.8, 4) is 34.3 Å². The first kappa shape index (κ1) is 21.6.